The fourth-order valence-electron chi connectivity index (χ4n) is 2.94. The van der Waals surface area contributed by atoms with E-state index in [9.17, 15) is 14.0 Å². The zero-order valence-corrected chi connectivity index (χ0v) is 18.6. The number of hydrogen-bond acceptors (Lipinski definition) is 7. The number of carbonyl (C=O) groups is 1. The third-order valence-corrected chi connectivity index (χ3v) is 5.19. The van der Waals surface area contributed by atoms with E-state index in [0.717, 1.165) is 11.8 Å². The lowest BCUT2D eigenvalue weighted by atomic mass is 10.1. The Morgan fingerprint density at radius 1 is 1.38 bits per heavy atom. The summed E-state index contributed by atoms with van der Waals surface area (Å²) in [7, 11) is 0. The lowest BCUT2D eigenvalue weighted by molar-refractivity contribution is -0.151. The normalized spacial score (nSPS) is 14.7. The number of thioether (sulfide) groups is 1. The highest BCUT2D eigenvalue weighted by atomic mass is 32.2. The van der Waals surface area contributed by atoms with E-state index in [1.807, 2.05) is 0 Å². The second kappa shape index (κ2) is 9.39. The van der Waals surface area contributed by atoms with Gasteiger partial charge in [0.15, 0.2) is 11.0 Å². The monoisotopic (exact) mass is 458 g/mol. The average molecular weight is 459 g/mol. The molecule has 0 fully saturated rings. The largest absolute Gasteiger partial charge is 0.459 e. The van der Waals surface area contributed by atoms with E-state index in [1.165, 1.54) is 34.9 Å². The Hall–Kier alpha value is -3.40. The summed E-state index contributed by atoms with van der Waals surface area (Å²) in [6.45, 7) is 5.28. The van der Waals surface area contributed by atoms with Gasteiger partial charge in [-0.25, -0.2) is 9.37 Å². The molecule has 0 radical (unpaired) electrons. The van der Waals surface area contributed by atoms with E-state index in [1.54, 1.807) is 32.9 Å². The summed E-state index contributed by atoms with van der Waals surface area (Å²) in [5.41, 5.74) is 5.70. The van der Waals surface area contributed by atoms with Gasteiger partial charge in [0.05, 0.1) is 22.4 Å². The molecule has 0 bridgehead atoms. The Morgan fingerprint density at radius 2 is 2.12 bits per heavy atom. The third kappa shape index (κ3) is 5.44. The van der Waals surface area contributed by atoms with Gasteiger partial charge >= 0.3 is 5.97 Å². The molecule has 0 aliphatic heterocycles. The highest BCUT2D eigenvalue weighted by molar-refractivity contribution is 7.99. The van der Waals surface area contributed by atoms with Gasteiger partial charge in [-0.2, -0.15) is 0 Å². The summed E-state index contributed by atoms with van der Waals surface area (Å²) in [5, 5.41) is 12.4. The zero-order chi connectivity index (χ0) is 23.5. The first-order valence-corrected chi connectivity index (χ1v) is 10.7. The maximum absolute atomic E-state index is 13.7. The highest BCUT2D eigenvalue weighted by Gasteiger charge is 2.20. The van der Waals surface area contributed by atoms with Gasteiger partial charge < -0.3 is 15.7 Å². The van der Waals surface area contributed by atoms with Crippen LogP contribution in [0, 0.1) is 0 Å². The van der Waals surface area contributed by atoms with Crippen LogP contribution in [0.3, 0.4) is 0 Å². The molecule has 2 aromatic rings. The van der Waals surface area contributed by atoms with Gasteiger partial charge in [0, 0.05) is 12.0 Å². The van der Waals surface area contributed by atoms with E-state index in [4.69, 9.17) is 15.7 Å². The molecule has 1 aromatic carbocycles. The van der Waals surface area contributed by atoms with E-state index in [0.29, 0.717) is 16.8 Å². The van der Waals surface area contributed by atoms with Crippen LogP contribution in [0.5, 0.6) is 0 Å². The van der Waals surface area contributed by atoms with Crippen LogP contribution in [0.4, 0.5) is 4.39 Å². The van der Waals surface area contributed by atoms with Crippen LogP contribution in [-0.2, 0) is 9.53 Å². The van der Waals surface area contributed by atoms with Crippen molar-refractivity contribution in [3.63, 3.8) is 0 Å². The number of aromatic nitrogens is 2. The van der Waals surface area contributed by atoms with Crippen molar-refractivity contribution < 1.29 is 19.1 Å². The number of rotatable bonds is 5. The first-order chi connectivity index (χ1) is 15.1. The minimum atomic E-state index is -0.654. The first kappa shape index (κ1) is 23.3. The molecule has 1 aromatic heterocycles. The van der Waals surface area contributed by atoms with Gasteiger partial charge in [-0.05, 0) is 51.1 Å². The van der Waals surface area contributed by atoms with Crippen molar-refractivity contribution in [3.8, 4) is 0 Å². The van der Waals surface area contributed by atoms with Crippen molar-refractivity contribution in [1.29, 1.82) is 0 Å². The van der Waals surface area contributed by atoms with Crippen LogP contribution in [0.1, 0.15) is 32.8 Å². The summed E-state index contributed by atoms with van der Waals surface area (Å²) < 4.78 is 20.4. The number of nitrogens with two attached hydrogens (primary N) is 1. The molecule has 0 spiro atoms. The lowest BCUT2D eigenvalue weighted by Crippen LogP contribution is -2.26. The molecule has 0 amide bonds. The van der Waals surface area contributed by atoms with Gasteiger partial charge in [-0.15, -0.1) is 0 Å². The van der Waals surface area contributed by atoms with Crippen LogP contribution in [0.2, 0.25) is 0 Å². The molecule has 1 aliphatic rings. The number of benzene rings is 1. The Morgan fingerprint density at radius 3 is 2.81 bits per heavy atom. The summed E-state index contributed by atoms with van der Waals surface area (Å²) in [6, 6.07) is 4.58. The second-order valence-corrected chi connectivity index (χ2v) is 8.88. The van der Waals surface area contributed by atoms with Crippen LogP contribution in [0.15, 0.2) is 63.4 Å². The second-order valence-electron chi connectivity index (χ2n) is 7.94. The maximum atomic E-state index is 13.7. The first-order valence-electron chi connectivity index (χ1n) is 9.71. The number of hydrogen-bond donors (Lipinski definition) is 2. The molecule has 3 rings (SSSR count). The topological polar surface area (TPSA) is 120 Å². The molecule has 8 nitrogen and oxygen atoms in total. The molecule has 0 atom stereocenters. The summed E-state index contributed by atoms with van der Waals surface area (Å²) in [6.07, 6.45) is 6.11. The molecule has 10 heteroatoms. The van der Waals surface area contributed by atoms with Crippen molar-refractivity contribution >= 4 is 40.2 Å². The molecule has 0 saturated heterocycles. The molecule has 0 saturated carbocycles. The van der Waals surface area contributed by atoms with Gasteiger partial charge in [-0.1, -0.05) is 29.1 Å². The van der Waals surface area contributed by atoms with Crippen molar-refractivity contribution in [3.05, 3.63) is 64.2 Å². The number of carbonyl (C=O) groups excluding carboxylic acids is 1. The molecule has 1 heterocycles. The van der Waals surface area contributed by atoms with Crippen LogP contribution < -0.4 is 11.3 Å². The standard InChI is InChI=1S/C22H23FN4O4S/c1-22(2,3)31-18(28)12-32-21-25-17-11-13(19(24)26-30)7-10-16(17)20(29)27(21)15-6-4-5-14(23)8-9-15/h4,6-11,30H,5,12H2,1-3H3,(H2,24,26). The number of nitrogens with zero attached hydrogens (tertiary/aromatic N) is 3. The fourth-order valence-corrected chi connectivity index (χ4v) is 3.73. The predicted octanol–water partition coefficient (Wildman–Crippen LogP) is 3.58. The molecule has 32 heavy (non-hydrogen) atoms. The van der Waals surface area contributed by atoms with Crippen molar-refractivity contribution in [2.75, 3.05) is 5.75 Å². The Labute approximate surface area is 188 Å². The Kier molecular flexibility index (Phi) is 6.83. The fraction of sp³-hybridized carbons (Fsp3) is 0.273. The van der Waals surface area contributed by atoms with Gasteiger partial charge in [0.25, 0.3) is 5.56 Å². The van der Waals surface area contributed by atoms with Gasteiger partial charge in [0.2, 0.25) is 0 Å². The smallest absolute Gasteiger partial charge is 0.316 e. The average Bonchev–Trinajstić information content (AvgIpc) is 2.94. The number of esters is 1. The minimum Gasteiger partial charge on any atom is -0.459 e. The number of halogens is 1. The number of fused-ring (bicyclic) bond motifs is 1. The summed E-state index contributed by atoms with van der Waals surface area (Å²) in [4.78, 5) is 30.1. The number of amidine groups is 1. The van der Waals surface area contributed by atoms with Gasteiger partial charge in [0.1, 0.15) is 11.4 Å². The molecule has 1 aliphatic carbocycles. The highest BCUT2D eigenvalue weighted by Crippen LogP contribution is 2.24. The van der Waals surface area contributed by atoms with Crippen molar-refractivity contribution in [2.24, 2.45) is 10.9 Å². The quantitative estimate of drug-likeness (QED) is 0.134. The third-order valence-electron chi connectivity index (χ3n) is 4.28. The molecule has 168 valence electrons. The lowest BCUT2D eigenvalue weighted by Gasteiger charge is -2.19. The van der Waals surface area contributed by atoms with Crippen molar-refractivity contribution in [1.82, 2.24) is 9.55 Å². The van der Waals surface area contributed by atoms with Crippen LogP contribution in [0.25, 0.3) is 16.6 Å². The maximum Gasteiger partial charge on any atom is 0.316 e. The van der Waals surface area contributed by atoms with E-state index in [-0.39, 0.29) is 34.4 Å². The Balaban J connectivity index is 2.14. The molecular weight excluding hydrogens is 435 g/mol. The number of oxime groups is 1. The number of ether oxygens (including phenoxy) is 1. The summed E-state index contributed by atoms with van der Waals surface area (Å²) in [5.74, 6) is -1.03. The zero-order valence-electron chi connectivity index (χ0n) is 17.8. The van der Waals surface area contributed by atoms with Crippen LogP contribution >= 0.6 is 11.8 Å². The Bertz CT molecular complexity index is 1240. The summed E-state index contributed by atoms with van der Waals surface area (Å²) >= 11 is 1.02. The molecular formula is C22H23FN4O4S. The van der Waals surface area contributed by atoms with E-state index < -0.39 is 17.1 Å². The molecule has 0 unspecified atom stereocenters. The minimum absolute atomic E-state index is 0.0870. The van der Waals surface area contributed by atoms with Crippen molar-refractivity contribution in [2.45, 2.75) is 37.9 Å². The van der Waals surface area contributed by atoms with Gasteiger partial charge in [-0.3, -0.25) is 14.2 Å². The van der Waals surface area contributed by atoms with E-state index in [2.05, 4.69) is 10.1 Å². The predicted molar refractivity (Wildman–Crippen MR) is 122 cm³/mol. The molecule has 3 N–H and O–H groups in total. The SMILES string of the molecule is CC(C)(C)OC(=O)CSc1nc2cc(C(N)=NO)ccc2c(=O)n1C1=CC=C(F)CC=C1. The number of allylic oxidation sites excluding steroid dienone is 6. The van der Waals surface area contributed by atoms with Crippen LogP contribution in [-0.4, -0.2) is 37.9 Å². The van der Waals surface area contributed by atoms with E-state index >= 15 is 0 Å².